The number of H-pyrrole nitrogens is 1. The van der Waals surface area contributed by atoms with Gasteiger partial charge in [0.1, 0.15) is 5.52 Å². The molecule has 1 fully saturated rings. The molecule has 0 bridgehead atoms. The number of carbonyl (C=O) groups excluding carboxylic acids is 1. The fraction of sp³-hybridized carbons (Fsp3) is 0.455. The predicted octanol–water partition coefficient (Wildman–Crippen LogP) is 2.89. The van der Waals surface area contributed by atoms with Gasteiger partial charge in [0, 0.05) is 24.3 Å². The first-order valence-corrected chi connectivity index (χ1v) is 9.27. The molecule has 0 atom stereocenters. The lowest BCUT2D eigenvalue weighted by Crippen LogP contribution is -2.17. The number of esters is 1. The van der Waals surface area contributed by atoms with E-state index in [9.17, 15) is 9.59 Å². The van der Waals surface area contributed by atoms with E-state index < -0.39 is 5.97 Å². The smallest absolute Gasteiger partial charge is 0.340 e. The Labute approximate surface area is 165 Å². The van der Waals surface area contributed by atoms with E-state index in [2.05, 4.69) is 23.8 Å². The second-order valence-electron chi connectivity index (χ2n) is 6.49. The number of terminal acetylenes is 2. The van der Waals surface area contributed by atoms with Crippen LogP contribution in [-0.4, -0.2) is 33.3 Å². The molecule has 2 heterocycles. The number of aromatic amines is 1. The summed E-state index contributed by atoms with van der Waals surface area (Å²) >= 11 is 0. The van der Waals surface area contributed by atoms with Crippen LogP contribution >= 0.6 is 0 Å². The van der Waals surface area contributed by atoms with E-state index in [0.717, 1.165) is 12.8 Å². The first kappa shape index (κ1) is 23.1. The van der Waals surface area contributed by atoms with Crippen molar-refractivity contribution < 1.29 is 14.6 Å². The zero-order chi connectivity index (χ0) is 21.3. The van der Waals surface area contributed by atoms with Gasteiger partial charge in [0.05, 0.1) is 23.8 Å². The van der Waals surface area contributed by atoms with Gasteiger partial charge < -0.3 is 19.4 Å². The highest BCUT2D eigenvalue weighted by Gasteiger charge is 2.21. The molecule has 1 aliphatic carbocycles. The zero-order valence-corrected chi connectivity index (χ0v) is 16.7. The van der Waals surface area contributed by atoms with Crippen molar-refractivity contribution in [2.75, 3.05) is 6.61 Å². The van der Waals surface area contributed by atoms with Crippen LogP contribution in [0.4, 0.5) is 0 Å². The van der Waals surface area contributed by atoms with Gasteiger partial charge in [-0.1, -0.05) is 25.2 Å². The average Bonchev–Trinajstić information content (AvgIpc) is 3.05. The quantitative estimate of drug-likeness (QED) is 0.616. The van der Waals surface area contributed by atoms with Crippen LogP contribution in [0.25, 0.3) is 10.9 Å². The second-order valence-corrected chi connectivity index (χ2v) is 6.49. The summed E-state index contributed by atoms with van der Waals surface area (Å²) in [4.78, 5) is 27.0. The number of nitrogens with one attached hydrogen (secondary N) is 1. The molecule has 3 rings (SSSR count). The van der Waals surface area contributed by atoms with Crippen molar-refractivity contribution in [2.45, 2.75) is 52.1 Å². The minimum atomic E-state index is -0.476. The fourth-order valence-corrected chi connectivity index (χ4v) is 3.20. The van der Waals surface area contributed by atoms with Gasteiger partial charge >= 0.3 is 5.97 Å². The Morgan fingerprint density at radius 2 is 1.96 bits per heavy atom. The molecule has 0 amide bonds. The molecule has 2 aromatic heterocycles. The van der Waals surface area contributed by atoms with E-state index in [1.54, 1.807) is 27.1 Å². The fourth-order valence-electron chi connectivity index (χ4n) is 3.20. The van der Waals surface area contributed by atoms with Gasteiger partial charge in [-0.2, -0.15) is 0 Å². The molecule has 1 saturated carbocycles. The maximum Gasteiger partial charge on any atom is 0.340 e. The molecule has 0 spiro atoms. The van der Waals surface area contributed by atoms with E-state index in [1.807, 2.05) is 0 Å². The first-order chi connectivity index (χ1) is 13.4. The van der Waals surface area contributed by atoms with Gasteiger partial charge in [0.2, 0.25) is 0 Å². The summed E-state index contributed by atoms with van der Waals surface area (Å²) in [7, 11) is 1.61. The molecule has 0 saturated heterocycles. The number of aliphatic hydroxyl groups excluding tert-OH is 1. The normalized spacial score (nSPS) is 13.5. The third-order valence-electron chi connectivity index (χ3n) is 4.52. The third kappa shape index (κ3) is 5.28. The molecule has 0 unspecified atom stereocenters. The summed E-state index contributed by atoms with van der Waals surface area (Å²) in [6.07, 6.45) is 20.9. The van der Waals surface area contributed by atoms with Crippen LogP contribution in [0.15, 0.2) is 11.0 Å². The Hall–Kier alpha value is -2.96. The number of hydrogen-bond donors (Lipinski definition) is 2. The van der Waals surface area contributed by atoms with E-state index in [0.29, 0.717) is 27.7 Å². The summed E-state index contributed by atoms with van der Waals surface area (Å²) in [6, 6.07) is 0. The highest BCUT2D eigenvalue weighted by Crippen LogP contribution is 2.24. The van der Waals surface area contributed by atoms with E-state index in [4.69, 9.17) is 16.3 Å². The number of pyridine rings is 1. The van der Waals surface area contributed by atoms with Crippen LogP contribution in [0.3, 0.4) is 0 Å². The van der Waals surface area contributed by atoms with Crippen LogP contribution in [0.1, 0.15) is 60.6 Å². The standard InChI is InChI=1S/C14H14N2O3.C6H12O.C2H2/c1-5-9-7-16(4)13(17)12-11(9)10(8(3)15-12)14(18)19-6-2;7-6-4-2-1-3-5-6;1-2/h1,7,15H,6H2,2-4H3;6-7H,1-5H2;1-2H. The molecule has 0 radical (unpaired) electrons. The van der Waals surface area contributed by atoms with E-state index >= 15 is 0 Å². The molecule has 0 aromatic carbocycles. The number of aliphatic hydroxyl groups is 1. The molecule has 2 N–H and O–H groups in total. The molecule has 2 aromatic rings. The van der Waals surface area contributed by atoms with Gasteiger partial charge in [0.15, 0.2) is 0 Å². The lowest BCUT2D eigenvalue weighted by atomic mass is 9.98. The van der Waals surface area contributed by atoms with Crippen LogP contribution in [-0.2, 0) is 11.8 Å². The number of ether oxygens (including phenoxy) is 1. The van der Waals surface area contributed by atoms with Gasteiger partial charge in [-0.25, -0.2) is 4.79 Å². The Morgan fingerprint density at radius 3 is 2.43 bits per heavy atom. The Kier molecular flexibility index (Phi) is 9.08. The maximum atomic E-state index is 12.1. The van der Waals surface area contributed by atoms with Crippen LogP contribution in [0, 0.1) is 32.1 Å². The summed E-state index contributed by atoms with van der Waals surface area (Å²) in [5, 5.41) is 9.37. The first-order valence-electron chi connectivity index (χ1n) is 9.27. The number of carbonyl (C=O) groups is 1. The molecular weight excluding hydrogens is 356 g/mol. The zero-order valence-electron chi connectivity index (χ0n) is 16.7. The average molecular weight is 384 g/mol. The second kappa shape index (κ2) is 11.0. The topological polar surface area (TPSA) is 84.3 Å². The Morgan fingerprint density at radius 1 is 1.36 bits per heavy atom. The molecule has 0 aliphatic heterocycles. The Balaban J connectivity index is 0.000000363. The highest BCUT2D eigenvalue weighted by molar-refractivity contribution is 6.07. The third-order valence-corrected chi connectivity index (χ3v) is 4.52. The molecule has 6 heteroatoms. The van der Waals surface area contributed by atoms with Crippen molar-refractivity contribution in [3.05, 3.63) is 33.4 Å². The monoisotopic (exact) mass is 384 g/mol. The minimum absolute atomic E-state index is 0.0359. The minimum Gasteiger partial charge on any atom is -0.462 e. The van der Waals surface area contributed by atoms with Crippen molar-refractivity contribution in [1.82, 2.24) is 9.55 Å². The van der Waals surface area contributed by atoms with Gasteiger partial charge in [-0.3, -0.25) is 4.79 Å². The van der Waals surface area contributed by atoms with E-state index in [1.165, 1.54) is 23.8 Å². The van der Waals surface area contributed by atoms with Crippen molar-refractivity contribution in [2.24, 2.45) is 7.05 Å². The number of aryl methyl sites for hydroxylation is 2. The van der Waals surface area contributed by atoms with Gasteiger partial charge in [-0.15, -0.1) is 19.3 Å². The number of hydrogen-bond acceptors (Lipinski definition) is 4. The van der Waals surface area contributed by atoms with Crippen molar-refractivity contribution >= 4 is 16.9 Å². The molecule has 150 valence electrons. The van der Waals surface area contributed by atoms with Crippen molar-refractivity contribution in [3.63, 3.8) is 0 Å². The number of rotatable bonds is 2. The number of aromatic nitrogens is 2. The lowest BCUT2D eigenvalue weighted by Gasteiger charge is -2.14. The van der Waals surface area contributed by atoms with E-state index in [-0.39, 0.29) is 18.3 Å². The summed E-state index contributed by atoms with van der Waals surface area (Å²) < 4.78 is 6.40. The van der Waals surface area contributed by atoms with Gasteiger partial charge in [-0.05, 0) is 26.7 Å². The molecular formula is C22H28N2O4. The molecule has 6 nitrogen and oxygen atoms in total. The summed E-state index contributed by atoms with van der Waals surface area (Å²) in [5.41, 5.74) is 1.51. The van der Waals surface area contributed by atoms with Crippen LogP contribution < -0.4 is 5.56 Å². The van der Waals surface area contributed by atoms with Crippen molar-refractivity contribution in [3.8, 4) is 25.2 Å². The predicted molar refractivity (Wildman–Crippen MR) is 111 cm³/mol. The highest BCUT2D eigenvalue weighted by atomic mass is 16.5. The lowest BCUT2D eigenvalue weighted by molar-refractivity contribution is 0.0528. The van der Waals surface area contributed by atoms with Crippen LogP contribution in [0.5, 0.6) is 0 Å². The number of nitrogens with zero attached hydrogens (tertiary/aromatic N) is 1. The molecule has 1 aliphatic rings. The Bertz CT molecular complexity index is 922. The SMILES string of the molecule is C#C.C#Cc1cn(C)c(=O)c2[nH]c(C)c(C(=O)OCC)c12.OC1CCCCC1. The summed E-state index contributed by atoms with van der Waals surface area (Å²) in [5.74, 6) is 2.03. The van der Waals surface area contributed by atoms with Gasteiger partial charge in [0.25, 0.3) is 5.56 Å². The van der Waals surface area contributed by atoms with Crippen LogP contribution in [0.2, 0.25) is 0 Å². The largest absolute Gasteiger partial charge is 0.462 e. The summed E-state index contributed by atoms with van der Waals surface area (Å²) in [6.45, 7) is 3.70. The molecule has 28 heavy (non-hydrogen) atoms. The maximum absolute atomic E-state index is 12.1. The number of fused-ring (bicyclic) bond motifs is 1. The van der Waals surface area contributed by atoms with Crippen molar-refractivity contribution in [1.29, 1.82) is 0 Å².